The second-order valence-electron chi connectivity index (χ2n) is 4.51. The molecular weight excluding hydrogens is 300 g/mol. The Labute approximate surface area is 120 Å². The molecule has 0 atom stereocenters. The average Bonchev–Trinajstić information content (AvgIpc) is 2.39. The van der Waals surface area contributed by atoms with Gasteiger partial charge in [-0.1, -0.05) is 13.8 Å². The lowest BCUT2D eigenvalue weighted by Gasteiger charge is -2.25. The van der Waals surface area contributed by atoms with Crippen LogP contribution in [-0.4, -0.2) is 34.2 Å². The molecule has 0 aliphatic rings. The van der Waals surface area contributed by atoms with E-state index in [9.17, 15) is 16.8 Å². The molecule has 0 aliphatic heterocycles. The van der Waals surface area contributed by atoms with Gasteiger partial charge >= 0.3 is 0 Å². The first-order valence-electron chi connectivity index (χ1n) is 6.25. The molecule has 0 unspecified atom stereocenters. The van der Waals surface area contributed by atoms with Crippen LogP contribution in [0, 0.1) is 0 Å². The predicted octanol–water partition coefficient (Wildman–Crippen LogP) is 1.14. The van der Waals surface area contributed by atoms with Gasteiger partial charge in [0.25, 0.3) is 0 Å². The van der Waals surface area contributed by atoms with Crippen molar-refractivity contribution in [1.29, 1.82) is 0 Å². The zero-order chi connectivity index (χ0) is 15.6. The average molecular weight is 320 g/mol. The highest BCUT2D eigenvalue weighted by Gasteiger charge is 2.26. The minimum absolute atomic E-state index is 0.0549. The van der Waals surface area contributed by atoms with Crippen LogP contribution in [0.15, 0.2) is 34.1 Å². The lowest BCUT2D eigenvalue weighted by molar-refractivity contribution is 0.349. The summed E-state index contributed by atoms with van der Waals surface area (Å²) in [6.45, 7) is 3.84. The van der Waals surface area contributed by atoms with E-state index in [0.29, 0.717) is 12.8 Å². The summed E-state index contributed by atoms with van der Waals surface area (Å²) in [7, 11) is -5.92. The first-order valence-corrected chi connectivity index (χ1v) is 9.24. The van der Waals surface area contributed by atoms with Crippen molar-refractivity contribution in [3.8, 4) is 0 Å². The molecule has 1 aromatic rings. The van der Waals surface area contributed by atoms with E-state index in [1.54, 1.807) is 0 Å². The van der Waals surface area contributed by atoms with E-state index in [1.165, 1.54) is 35.6 Å². The molecule has 114 valence electrons. The lowest BCUT2D eigenvalue weighted by Crippen LogP contribution is -2.36. The van der Waals surface area contributed by atoms with Crippen molar-refractivity contribution in [3.05, 3.63) is 24.3 Å². The zero-order valence-electron chi connectivity index (χ0n) is 11.8. The third-order valence-electron chi connectivity index (χ3n) is 3.29. The van der Waals surface area contributed by atoms with Gasteiger partial charge in [-0.05, 0) is 37.1 Å². The van der Waals surface area contributed by atoms with Crippen molar-refractivity contribution in [3.63, 3.8) is 0 Å². The molecule has 1 rings (SSSR count). The van der Waals surface area contributed by atoms with Crippen LogP contribution in [0.1, 0.15) is 26.7 Å². The van der Waals surface area contributed by atoms with Crippen molar-refractivity contribution < 1.29 is 16.8 Å². The van der Waals surface area contributed by atoms with Gasteiger partial charge in [0.1, 0.15) is 0 Å². The maximum atomic E-state index is 12.4. The molecule has 1 aromatic carbocycles. The third kappa shape index (κ3) is 3.57. The van der Waals surface area contributed by atoms with Gasteiger partial charge in [-0.2, -0.15) is 4.31 Å². The van der Waals surface area contributed by atoms with Crippen LogP contribution in [0.3, 0.4) is 0 Å². The maximum Gasteiger partial charge on any atom is 0.243 e. The van der Waals surface area contributed by atoms with E-state index in [0.717, 1.165) is 0 Å². The fourth-order valence-electron chi connectivity index (χ4n) is 1.97. The Morgan fingerprint density at radius 3 is 1.75 bits per heavy atom. The molecule has 0 aliphatic carbocycles. The smallest absolute Gasteiger partial charge is 0.225 e. The molecule has 20 heavy (non-hydrogen) atoms. The van der Waals surface area contributed by atoms with Gasteiger partial charge in [0, 0.05) is 13.1 Å². The number of nitrogens with two attached hydrogens (primary N) is 1. The number of nitrogens with zero attached hydrogens (tertiary/aromatic N) is 1. The summed E-state index contributed by atoms with van der Waals surface area (Å²) < 4.78 is 48.4. The third-order valence-corrected chi connectivity index (χ3v) is 6.14. The van der Waals surface area contributed by atoms with Gasteiger partial charge in [0.05, 0.1) is 9.79 Å². The molecule has 0 heterocycles. The first kappa shape index (κ1) is 17.1. The molecule has 6 nitrogen and oxygen atoms in total. The SMILES string of the molecule is CCC(CC)N(C)S(=O)(=O)c1ccc(S(N)(=O)=O)cc1. The Bertz CT molecular complexity index is 647. The summed E-state index contributed by atoms with van der Waals surface area (Å²) >= 11 is 0. The van der Waals surface area contributed by atoms with Crippen molar-refractivity contribution in [2.75, 3.05) is 7.05 Å². The molecule has 0 bridgehead atoms. The highest BCUT2D eigenvalue weighted by molar-refractivity contribution is 7.89. The number of sulfonamides is 2. The summed E-state index contributed by atoms with van der Waals surface area (Å²) in [5, 5.41) is 4.98. The van der Waals surface area contributed by atoms with Crippen LogP contribution in [-0.2, 0) is 20.0 Å². The zero-order valence-corrected chi connectivity index (χ0v) is 13.4. The van der Waals surface area contributed by atoms with Crippen molar-refractivity contribution in [2.24, 2.45) is 5.14 Å². The summed E-state index contributed by atoms with van der Waals surface area (Å²) in [6.07, 6.45) is 1.42. The maximum absolute atomic E-state index is 12.4. The summed E-state index contributed by atoms with van der Waals surface area (Å²) in [4.78, 5) is -0.0547. The predicted molar refractivity (Wildman–Crippen MR) is 77.1 cm³/mol. The second kappa shape index (κ2) is 6.21. The van der Waals surface area contributed by atoms with Gasteiger partial charge in [-0.3, -0.25) is 0 Å². The number of primary sulfonamides is 1. The van der Waals surface area contributed by atoms with Crippen LogP contribution in [0.4, 0.5) is 0 Å². The molecule has 0 fully saturated rings. The summed E-state index contributed by atoms with van der Waals surface area (Å²) in [5.74, 6) is 0. The second-order valence-corrected chi connectivity index (χ2v) is 8.07. The Kier molecular flexibility index (Phi) is 5.31. The van der Waals surface area contributed by atoms with Gasteiger partial charge in [-0.25, -0.2) is 22.0 Å². The highest BCUT2D eigenvalue weighted by atomic mass is 32.2. The molecular formula is C12H20N2O4S2. The molecule has 0 saturated carbocycles. The first-order chi connectivity index (χ1) is 9.14. The van der Waals surface area contributed by atoms with Crippen LogP contribution in [0.2, 0.25) is 0 Å². The molecule has 2 N–H and O–H groups in total. The monoisotopic (exact) mass is 320 g/mol. The highest BCUT2D eigenvalue weighted by Crippen LogP contribution is 2.20. The molecule has 0 amide bonds. The fraction of sp³-hybridized carbons (Fsp3) is 0.500. The molecule has 0 radical (unpaired) electrons. The topological polar surface area (TPSA) is 97.5 Å². The van der Waals surface area contributed by atoms with E-state index in [1.807, 2.05) is 13.8 Å². The Balaban J connectivity index is 3.17. The van der Waals surface area contributed by atoms with Gasteiger partial charge in [-0.15, -0.1) is 0 Å². The molecule has 8 heteroatoms. The van der Waals surface area contributed by atoms with E-state index in [-0.39, 0.29) is 15.8 Å². The van der Waals surface area contributed by atoms with Crippen molar-refractivity contribution in [1.82, 2.24) is 4.31 Å². The van der Waals surface area contributed by atoms with Crippen LogP contribution in [0.25, 0.3) is 0 Å². The summed E-state index contributed by atoms with van der Waals surface area (Å²) in [6, 6.07) is 4.83. The number of rotatable bonds is 6. The minimum Gasteiger partial charge on any atom is -0.225 e. The molecule has 0 saturated heterocycles. The number of hydrogen-bond donors (Lipinski definition) is 1. The van der Waals surface area contributed by atoms with Crippen molar-refractivity contribution in [2.45, 2.75) is 42.5 Å². The van der Waals surface area contributed by atoms with Gasteiger partial charge in [0.2, 0.25) is 20.0 Å². The van der Waals surface area contributed by atoms with Crippen LogP contribution in [0.5, 0.6) is 0 Å². The van der Waals surface area contributed by atoms with E-state index >= 15 is 0 Å². The Hall–Kier alpha value is -0.960. The summed E-state index contributed by atoms with van der Waals surface area (Å²) in [5.41, 5.74) is 0. The normalized spacial score (nSPS) is 13.1. The Morgan fingerprint density at radius 1 is 1.00 bits per heavy atom. The van der Waals surface area contributed by atoms with Crippen LogP contribution < -0.4 is 5.14 Å². The quantitative estimate of drug-likeness (QED) is 0.850. The largest absolute Gasteiger partial charge is 0.243 e. The minimum atomic E-state index is -3.82. The Morgan fingerprint density at radius 2 is 1.40 bits per heavy atom. The van der Waals surface area contributed by atoms with Gasteiger partial charge in [0.15, 0.2) is 0 Å². The van der Waals surface area contributed by atoms with Crippen molar-refractivity contribution >= 4 is 20.0 Å². The fourth-order valence-corrected chi connectivity index (χ4v) is 3.99. The number of hydrogen-bond acceptors (Lipinski definition) is 4. The lowest BCUT2D eigenvalue weighted by atomic mass is 10.2. The van der Waals surface area contributed by atoms with E-state index in [4.69, 9.17) is 5.14 Å². The van der Waals surface area contributed by atoms with E-state index in [2.05, 4.69) is 0 Å². The molecule has 0 spiro atoms. The number of benzene rings is 1. The molecule has 0 aromatic heterocycles. The van der Waals surface area contributed by atoms with Gasteiger partial charge < -0.3 is 0 Å². The van der Waals surface area contributed by atoms with Crippen LogP contribution >= 0.6 is 0 Å². The van der Waals surface area contributed by atoms with E-state index < -0.39 is 20.0 Å². The standard InChI is InChI=1S/C12H20N2O4S2/c1-4-10(5-2)14(3)20(17,18)12-8-6-11(7-9-12)19(13,15)16/h6-10H,4-5H2,1-3H3,(H2,13,15,16).